The van der Waals surface area contributed by atoms with Crippen LogP contribution in [0.15, 0.2) is 12.1 Å². The number of ether oxygens (including phenoxy) is 1. The first-order valence-corrected chi connectivity index (χ1v) is 5.67. The minimum atomic E-state index is -0.484. The lowest BCUT2D eigenvalue weighted by Gasteiger charge is -2.10. The summed E-state index contributed by atoms with van der Waals surface area (Å²) in [6.45, 7) is 1.95. The summed E-state index contributed by atoms with van der Waals surface area (Å²) in [4.78, 5) is 10.8. The Kier molecular flexibility index (Phi) is 5.25. The van der Waals surface area contributed by atoms with Crippen LogP contribution in [0.5, 0.6) is 5.75 Å². The Morgan fingerprint density at radius 3 is 2.82 bits per heavy atom. The molecule has 4 nitrogen and oxygen atoms in total. The number of halogens is 1. The van der Waals surface area contributed by atoms with E-state index in [-0.39, 0.29) is 5.91 Å². The summed E-state index contributed by atoms with van der Waals surface area (Å²) in [5.74, 6) is 0.273. The molecule has 0 unspecified atom stereocenters. The maximum absolute atomic E-state index is 10.8. The number of carbonyl (C=O) groups is 1. The average molecular weight is 258 g/mol. The highest BCUT2D eigenvalue weighted by Crippen LogP contribution is 2.27. The molecule has 0 atom stereocenters. The molecule has 0 heterocycles. The lowest BCUT2D eigenvalue weighted by atomic mass is 10.1. The molecule has 1 amide bonds. The Bertz CT molecular complexity index is 407. The van der Waals surface area contributed by atoms with Crippen LogP contribution in [0.2, 0.25) is 5.02 Å². The molecule has 94 valence electrons. The van der Waals surface area contributed by atoms with Gasteiger partial charge in [-0.3, -0.25) is 4.79 Å². The van der Waals surface area contributed by atoms with Gasteiger partial charge in [-0.1, -0.05) is 11.6 Å². The summed E-state index contributed by atoms with van der Waals surface area (Å²) >= 11 is 6.02. The Labute approximate surface area is 106 Å². The standard InChI is InChI=1S/C12H16ClNO3/c1-8-5-11(17-2)10(13)6-9(8)3-4-14-12(16)7-15/h5-6,15H,3-4,7H2,1-2H3,(H,14,16). The summed E-state index contributed by atoms with van der Waals surface area (Å²) in [7, 11) is 1.57. The molecule has 0 aliphatic rings. The molecule has 0 aliphatic carbocycles. The van der Waals surface area contributed by atoms with Crippen molar-refractivity contribution in [3.05, 3.63) is 28.3 Å². The maximum atomic E-state index is 10.8. The number of carbonyl (C=O) groups excluding carboxylic acids is 1. The fourth-order valence-electron chi connectivity index (χ4n) is 1.51. The van der Waals surface area contributed by atoms with Crippen LogP contribution in [0.25, 0.3) is 0 Å². The molecule has 2 N–H and O–H groups in total. The first-order valence-electron chi connectivity index (χ1n) is 5.29. The zero-order chi connectivity index (χ0) is 12.8. The van der Waals surface area contributed by atoms with Crippen LogP contribution < -0.4 is 10.1 Å². The number of aliphatic hydroxyl groups is 1. The quantitative estimate of drug-likeness (QED) is 0.836. The predicted octanol–water partition coefficient (Wildman–Crippen LogP) is 1.31. The molecule has 0 aromatic heterocycles. The molecular formula is C12H16ClNO3. The smallest absolute Gasteiger partial charge is 0.245 e. The van der Waals surface area contributed by atoms with Gasteiger partial charge >= 0.3 is 0 Å². The van der Waals surface area contributed by atoms with Gasteiger partial charge in [-0.2, -0.15) is 0 Å². The van der Waals surface area contributed by atoms with Crippen molar-refractivity contribution in [1.82, 2.24) is 5.32 Å². The second-order valence-corrected chi connectivity index (χ2v) is 4.08. The number of methoxy groups -OCH3 is 1. The molecule has 0 spiro atoms. The number of amides is 1. The van der Waals surface area contributed by atoms with Gasteiger partial charge in [0, 0.05) is 6.54 Å². The van der Waals surface area contributed by atoms with Gasteiger partial charge in [0.25, 0.3) is 0 Å². The Morgan fingerprint density at radius 1 is 1.53 bits per heavy atom. The fraction of sp³-hybridized carbons (Fsp3) is 0.417. The van der Waals surface area contributed by atoms with Gasteiger partial charge in [0.05, 0.1) is 12.1 Å². The van der Waals surface area contributed by atoms with Crippen molar-refractivity contribution in [1.29, 1.82) is 0 Å². The minimum Gasteiger partial charge on any atom is -0.495 e. The second kappa shape index (κ2) is 6.47. The van der Waals surface area contributed by atoms with Gasteiger partial charge < -0.3 is 15.2 Å². The SMILES string of the molecule is COc1cc(C)c(CCNC(=O)CO)cc1Cl. The molecule has 5 heteroatoms. The van der Waals surface area contributed by atoms with Gasteiger partial charge in [0.2, 0.25) is 5.91 Å². The Hall–Kier alpha value is -1.26. The fourth-order valence-corrected chi connectivity index (χ4v) is 1.78. The monoisotopic (exact) mass is 257 g/mol. The van der Waals surface area contributed by atoms with Crippen molar-refractivity contribution in [2.45, 2.75) is 13.3 Å². The van der Waals surface area contributed by atoms with Gasteiger partial charge in [-0.25, -0.2) is 0 Å². The molecule has 0 saturated heterocycles. The number of aliphatic hydroxyl groups excluding tert-OH is 1. The van der Waals surface area contributed by atoms with Crippen LogP contribution in [-0.2, 0) is 11.2 Å². The highest BCUT2D eigenvalue weighted by molar-refractivity contribution is 6.32. The molecule has 0 saturated carbocycles. The van der Waals surface area contributed by atoms with Gasteiger partial charge in [-0.15, -0.1) is 0 Å². The lowest BCUT2D eigenvalue weighted by molar-refractivity contribution is -0.123. The third-order valence-corrected chi connectivity index (χ3v) is 2.77. The van der Waals surface area contributed by atoms with Crippen LogP contribution in [0, 0.1) is 6.92 Å². The minimum absolute atomic E-state index is 0.373. The number of hydrogen-bond acceptors (Lipinski definition) is 3. The average Bonchev–Trinajstić information content (AvgIpc) is 2.32. The van der Waals surface area contributed by atoms with E-state index in [1.165, 1.54) is 0 Å². The zero-order valence-corrected chi connectivity index (χ0v) is 10.7. The Morgan fingerprint density at radius 2 is 2.24 bits per heavy atom. The third kappa shape index (κ3) is 3.91. The van der Waals surface area contributed by atoms with E-state index in [1.807, 2.05) is 19.1 Å². The van der Waals surface area contributed by atoms with Gasteiger partial charge in [0.1, 0.15) is 12.4 Å². The summed E-state index contributed by atoms with van der Waals surface area (Å²) in [5, 5.41) is 11.7. The van der Waals surface area contributed by atoms with Crippen LogP contribution in [0.4, 0.5) is 0 Å². The van der Waals surface area contributed by atoms with E-state index in [9.17, 15) is 4.79 Å². The first-order chi connectivity index (χ1) is 8.08. The first kappa shape index (κ1) is 13.8. The molecule has 1 aromatic carbocycles. The molecule has 1 rings (SSSR count). The van der Waals surface area contributed by atoms with Crippen molar-refractivity contribution in [3.8, 4) is 5.75 Å². The van der Waals surface area contributed by atoms with Crippen molar-refractivity contribution in [2.24, 2.45) is 0 Å². The van der Waals surface area contributed by atoms with E-state index < -0.39 is 6.61 Å². The molecule has 0 aliphatic heterocycles. The van der Waals surface area contributed by atoms with E-state index in [0.717, 1.165) is 11.1 Å². The van der Waals surface area contributed by atoms with Crippen molar-refractivity contribution < 1.29 is 14.6 Å². The third-order valence-electron chi connectivity index (χ3n) is 2.47. The zero-order valence-electron chi connectivity index (χ0n) is 9.92. The summed E-state index contributed by atoms with van der Waals surface area (Å²) < 4.78 is 5.11. The molecule has 0 bridgehead atoms. The van der Waals surface area contributed by atoms with E-state index >= 15 is 0 Å². The predicted molar refractivity (Wildman–Crippen MR) is 66.5 cm³/mol. The van der Waals surface area contributed by atoms with Crippen LogP contribution in [0.3, 0.4) is 0 Å². The number of aryl methyl sites for hydroxylation is 1. The topological polar surface area (TPSA) is 58.6 Å². The largest absolute Gasteiger partial charge is 0.495 e. The molecular weight excluding hydrogens is 242 g/mol. The van der Waals surface area contributed by atoms with Crippen LogP contribution in [0.1, 0.15) is 11.1 Å². The summed E-state index contributed by atoms with van der Waals surface area (Å²) in [6.07, 6.45) is 0.668. The van der Waals surface area contributed by atoms with Gasteiger partial charge in [0.15, 0.2) is 0 Å². The number of hydrogen-bond donors (Lipinski definition) is 2. The van der Waals surface area contributed by atoms with E-state index in [1.54, 1.807) is 7.11 Å². The second-order valence-electron chi connectivity index (χ2n) is 3.67. The van der Waals surface area contributed by atoms with Crippen molar-refractivity contribution >= 4 is 17.5 Å². The van der Waals surface area contributed by atoms with Crippen LogP contribution in [-0.4, -0.2) is 31.3 Å². The Balaban J connectivity index is 2.65. The lowest BCUT2D eigenvalue weighted by Crippen LogP contribution is -2.28. The summed E-state index contributed by atoms with van der Waals surface area (Å²) in [5.41, 5.74) is 2.11. The number of rotatable bonds is 5. The number of nitrogens with one attached hydrogen (secondary N) is 1. The van der Waals surface area contributed by atoms with E-state index in [0.29, 0.717) is 23.7 Å². The maximum Gasteiger partial charge on any atom is 0.245 e. The van der Waals surface area contributed by atoms with Crippen molar-refractivity contribution in [2.75, 3.05) is 20.3 Å². The highest BCUT2D eigenvalue weighted by Gasteiger charge is 2.06. The molecule has 17 heavy (non-hydrogen) atoms. The molecule has 1 aromatic rings. The van der Waals surface area contributed by atoms with E-state index in [2.05, 4.69) is 5.32 Å². The normalized spacial score (nSPS) is 10.1. The summed E-state index contributed by atoms with van der Waals surface area (Å²) in [6, 6.07) is 3.70. The highest BCUT2D eigenvalue weighted by atomic mass is 35.5. The van der Waals surface area contributed by atoms with Crippen LogP contribution >= 0.6 is 11.6 Å². The van der Waals surface area contributed by atoms with Crippen molar-refractivity contribution in [3.63, 3.8) is 0 Å². The molecule has 0 radical (unpaired) electrons. The van der Waals surface area contributed by atoms with E-state index in [4.69, 9.17) is 21.4 Å². The molecule has 0 fully saturated rings. The van der Waals surface area contributed by atoms with Gasteiger partial charge in [-0.05, 0) is 36.6 Å². The number of benzene rings is 1.